The van der Waals surface area contributed by atoms with Crippen LogP contribution >= 0.6 is 0 Å². The number of carbonyl (C=O) groups excluding carboxylic acids is 3. The summed E-state index contributed by atoms with van der Waals surface area (Å²) in [4.78, 5) is 34.0. The normalized spacial score (nSPS) is 16.7. The molecule has 5 nitrogen and oxygen atoms in total. The molecule has 2 N–H and O–H groups in total. The van der Waals surface area contributed by atoms with E-state index in [0.29, 0.717) is 12.0 Å². The third-order valence-corrected chi connectivity index (χ3v) is 2.55. The van der Waals surface area contributed by atoms with Gasteiger partial charge in [0.25, 0.3) is 0 Å². The molecule has 1 saturated heterocycles. The van der Waals surface area contributed by atoms with Gasteiger partial charge in [0.05, 0.1) is 6.42 Å². The van der Waals surface area contributed by atoms with Crippen molar-refractivity contribution in [3.8, 4) is 0 Å². The van der Waals surface area contributed by atoms with Crippen molar-refractivity contribution < 1.29 is 14.4 Å². The Balaban J connectivity index is 0. The van der Waals surface area contributed by atoms with Crippen LogP contribution in [0.25, 0.3) is 0 Å². The van der Waals surface area contributed by atoms with Crippen molar-refractivity contribution in [2.24, 2.45) is 0 Å². The van der Waals surface area contributed by atoms with E-state index in [1.54, 1.807) is 6.08 Å². The monoisotopic (exact) mass is 310 g/mol. The molecule has 0 aromatic heterocycles. The Labute approximate surface area is 134 Å². The van der Waals surface area contributed by atoms with Crippen LogP contribution in [-0.4, -0.2) is 23.8 Å². The van der Waals surface area contributed by atoms with Gasteiger partial charge in [-0.1, -0.05) is 53.3 Å². The lowest BCUT2D eigenvalue weighted by molar-refractivity contribution is -0.137. The molecular formula is C17H30N2O3. The molecule has 3 amide bonds. The number of hydrogen-bond donors (Lipinski definition) is 2. The first-order chi connectivity index (χ1) is 10.5. The van der Waals surface area contributed by atoms with Gasteiger partial charge in [-0.05, 0) is 18.4 Å². The van der Waals surface area contributed by atoms with Crippen molar-refractivity contribution in [2.45, 2.75) is 66.3 Å². The van der Waals surface area contributed by atoms with E-state index in [4.69, 9.17) is 0 Å². The fourth-order valence-electron chi connectivity index (χ4n) is 1.63. The molecule has 1 heterocycles. The van der Waals surface area contributed by atoms with Crippen molar-refractivity contribution in [2.75, 3.05) is 0 Å². The average molecular weight is 310 g/mol. The van der Waals surface area contributed by atoms with Gasteiger partial charge in [-0.3, -0.25) is 19.7 Å². The predicted octanol–water partition coefficient (Wildman–Crippen LogP) is 2.87. The fourth-order valence-corrected chi connectivity index (χ4v) is 1.63. The van der Waals surface area contributed by atoms with Crippen LogP contribution in [0.5, 0.6) is 0 Å². The van der Waals surface area contributed by atoms with Gasteiger partial charge in [0.15, 0.2) is 0 Å². The van der Waals surface area contributed by atoms with E-state index >= 15 is 0 Å². The van der Waals surface area contributed by atoms with Crippen LogP contribution in [0.3, 0.4) is 0 Å². The number of rotatable bonds is 5. The second kappa shape index (κ2) is 14.0. The maximum absolute atomic E-state index is 11.6. The first kappa shape index (κ1) is 22.4. The summed E-state index contributed by atoms with van der Waals surface area (Å²) in [5.41, 5.74) is 0.696. The summed E-state index contributed by atoms with van der Waals surface area (Å²) in [5.74, 6) is -0.981. The molecule has 126 valence electrons. The van der Waals surface area contributed by atoms with Crippen LogP contribution in [0, 0.1) is 0 Å². The summed E-state index contributed by atoms with van der Waals surface area (Å²) < 4.78 is 0. The third-order valence-electron chi connectivity index (χ3n) is 2.55. The minimum atomic E-state index is -0.613. The van der Waals surface area contributed by atoms with Gasteiger partial charge in [-0.25, -0.2) is 0 Å². The van der Waals surface area contributed by atoms with Crippen LogP contribution in [0.2, 0.25) is 0 Å². The fraction of sp³-hybridized carbons (Fsp3) is 0.588. The highest BCUT2D eigenvalue weighted by Gasteiger charge is 2.27. The zero-order valence-electron chi connectivity index (χ0n) is 14.5. The molecule has 1 aliphatic rings. The SMILES string of the molecule is C=C(/C=C\CC)CC(=O)NC1CCC(=O)NC1=O.CC.CC. The Morgan fingerprint density at radius 3 is 2.41 bits per heavy atom. The molecule has 22 heavy (non-hydrogen) atoms. The number of carbonyl (C=O) groups is 3. The highest BCUT2D eigenvalue weighted by Crippen LogP contribution is 2.06. The van der Waals surface area contributed by atoms with Gasteiger partial charge in [0.2, 0.25) is 17.7 Å². The molecule has 0 saturated carbocycles. The van der Waals surface area contributed by atoms with Crippen LogP contribution in [0.15, 0.2) is 24.3 Å². The van der Waals surface area contributed by atoms with Crippen molar-refractivity contribution in [3.05, 3.63) is 24.3 Å². The highest BCUT2D eigenvalue weighted by atomic mass is 16.2. The number of amides is 3. The van der Waals surface area contributed by atoms with Crippen LogP contribution in [-0.2, 0) is 14.4 Å². The topological polar surface area (TPSA) is 75.3 Å². The average Bonchev–Trinajstić information content (AvgIpc) is 2.52. The van der Waals surface area contributed by atoms with Crippen LogP contribution in [0.4, 0.5) is 0 Å². The summed E-state index contributed by atoms with van der Waals surface area (Å²) in [6, 6.07) is -0.613. The summed E-state index contributed by atoms with van der Waals surface area (Å²) in [6.07, 6.45) is 5.37. The summed E-state index contributed by atoms with van der Waals surface area (Å²) in [6.45, 7) is 13.7. The molecule has 0 aliphatic carbocycles. The van der Waals surface area contributed by atoms with E-state index in [2.05, 4.69) is 17.2 Å². The van der Waals surface area contributed by atoms with E-state index in [1.807, 2.05) is 40.7 Å². The third kappa shape index (κ3) is 9.91. The lowest BCUT2D eigenvalue weighted by Crippen LogP contribution is -2.52. The zero-order chi connectivity index (χ0) is 17.5. The van der Waals surface area contributed by atoms with Gasteiger partial charge >= 0.3 is 0 Å². The summed E-state index contributed by atoms with van der Waals surface area (Å²) >= 11 is 0. The first-order valence-corrected chi connectivity index (χ1v) is 8.00. The zero-order valence-corrected chi connectivity index (χ0v) is 14.5. The predicted molar refractivity (Wildman–Crippen MR) is 90.2 cm³/mol. The number of allylic oxidation sites excluding steroid dienone is 2. The molecule has 0 aromatic carbocycles. The smallest absolute Gasteiger partial charge is 0.249 e. The molecule has 0 aromatic rings. The second-order valence-corrected chi connectivity index (χ2v) is 4.22. The Morgan fingerprint density at radius 1 is 1.32 bits per heavy atom. The molecule has 1 rings (SSSR count). The second-order valence-electron chi connectivity index (χ2n) is 4.22. The van der Waals surface area contributed by atoms with Crippen molar-refractivity contribution in [1.29, 1.82) is 0 Å². The first-order valence-electron chi connectivity index (χ1n) is 8.00. The Kier molecular flexibility index (Phi) is 14.3. The van der Waals surface area contributed by atoms with Gasteiger partial charge < -0.3 is 5.32 Å². The minimum Gasteiger partial charge on any atom is -0.344 e. The van der Waals surface area contributed by atoms with Gasteiger partial charge in [-0.15, -0.1) is 0 Å². The summed E-state index contributed by atoms with van der Waals surface area (Å²) in [5, 5.41) is 4.79. The molecule has 1 atom stereocenters. The molecule has 1 fully saturated rings. The molecule has 1 unspecified atom stereocenters. The van der Waals surface area contributed by atoms with E-state index < -0.39 is 11.9 Å². The molecular weight excluding hydrogens is 280 g/mol. The van der Waals surface area contributed by atoms with E-state index in [-0.39, 0.29) is 24.7 Å². The lowest BCUT2D eigenvalue weighted by atomic mass is 10.1. The maximum Gasteiger partial charge on any atom is 0.249 e. The van der Waals surface area contributed by atoms with E-state index in [1.165, 1.54) is 0 Å². The molecule has 0 spiro atoms. The van der Waals surface area contributed by atoms with Crippen molar-refractivity contribution >= 4 is 17.7 Å². The van der Waals surface area contributed by atoms with Gasteiger partial charge in [-0.2, -0.15) is 0 Å². The minimum absolute atomic E-state index is 0.161. The maximum atomic E-state index is 11.6. The van der Waals surface area contributed by atoms with Crippen LogP contribution in [0.1, 0.15) is 60.3 Å². The Hall–Kier alpha value is -1.91. The number of imide groups is 1. The van der Waals surface area contributed by atoms with Gasteiger partial charge in [0.1, 0.15) is 6.04 Å². The molecule has 0 bridgehead atoms. The number of nitrogens with one attached hydrogen (secondary N) is 2. The number of piperidine rings is 1. The summed E-state index contributed by atoms with van der Waals surface area (Å²) in [7, 11) is 0. The largest absolute Gasteiger partial charge is 0.344 e. The van der Waals surface area contributed by atoms with Crippen molar-refractivity contribution in [3.63, 3.8) is 0 Å². The van der Waals surface area contributed by atoms with E-state index in [9.17, 15) is 14.4 Å². The molecule has 5 heteroatoms. The lowest BCUT2D eigenvalue weighted by Gasteiger charge is -2.21. The highest BCUT2D eigenvalue weighted by molar-refractivity contribution is 6.01. The Bertz CT molecular complexity index is 401. The van der Waals surface area contributed by atoms with Gasteiger partial charge in [0, 0.05) is 6.42 Å². The number of hydrogen-bond acceptors (Lipinski definition) is 3. The molecule has 1 aliphatic heterocycles. The van der Waals surface area contributed by atoms with Crippen LogP contribution < -0.4 is 10.6 Å². The van der Waals surface area contributed by atoms with E-state index in [0.717, 1.165) is 6.42 Å². The Morgan fingerprint density at radius 2 is 1.91 bits per heavy atom. The standard InChI is InChI=1S/C13H18N2O3.2C2H6/c1-3-4-5-9(2)8-12(17)14-10-6-7-11(16)15-13(10)18;2*1-2/h4-5,10H,2-3,6-8H2,1H3,(H,14,17)(H,15,16,18);2*1-2H3/b5-4-;;. The molecule has 0 radical (unpaired) electrons. The quantitative estimate of drug-likeness (QED) is 0.605. The van der Waals surface area contributed by atoms with Crippen molar-refractivity contribution in [1.82, 2.24) is 10.6 Å².